The number of ether oxygens (including phenoxy) is 4. The fraction of sp³-hybridized carbons (Fsp3) is 0.713. The van der Waals surface area contributed by atoms with E-state index in [1.165, 1.54) is 180 Å². The summed E-state index contributed by atoms with van der Waals surface area (Å²) in [6, 6.07) is 0. The lowest BCUT2D eigenvalue weighted by molar-refractivity contribution is -0.870. The van der Waals surface area contributed by atoms with Gasteiger partial charge in [0.05, 0.1) is 40.3 Å². The number of hydrogen-bond acceptors (Lipinski definition) is 8. The van der Waals surface area contributed by atoms with Gasteiger partial charge in [-0.25, -0.2) is 0 Å². The number of carboxylic acid groups (broad SMARTS) is 1. The second kappa shape index (κ2) is 69.6. The number of quaternary nitrogens is 1. The Morgan fingerprint density at radius 3 is 0.966 bits per heavy atom. The molecule has 510 valence electrons. The van der Waals surface area contributed by atoms with Crippen LogP contribution in [-0.4, -0.2) is 82.3 Å². The van der Waals surface area contributed by atoms with Crippen molar-refractivity contribution < 1.29 is 42.9 Å². The lowest BCUT2D eigenvalue weighted by Gasteiger charge is -2.26. The van der Waals surface area contributed by atoms with Gasteiger partial charge in [-0.2, -0.15) is 0 Å². The number of carboxylic acids is 1. The van der Waals surface area contributed by atoms with E-state index in [0.717, 1.165) is 96.3 Å². The SMILES string of the molecule is CC/C=C\C/C=C\C/C=C\C/C=C\C/C=C\C/C=C\C/C=C\CCCCCC(=O)OC(COC(=O)CCCCCCCCCCCCCCCCCCCCCCCCCC/C=C\C/C=C\C/C=C\CCCCCCC)COC(OCC[N+](C)(C)C)C(=O)[O-]. The van der Waals surface area contributed by atoms with Crippen LogP contribution in [0.1, 0.15) is 309 Å². The zero-order valence-corrected chi connectivity index (χ0v) is 58.3. The Morgan fingerprint density at radius 1 is 0.348 bits per heavy atom. The second-order valence-corrected chi connectivity index (χ2v) is 25.5. The molecule has 0 saturated carbocycles. The molecule has 9 heteroatoms. The van der Waals surface area contributed by atoms with Crippen molar-refractivity contribution in [1.82, 2.24) is 0 Å². The number of unbranched alkanes of at least 4 members (excludes halogenated alkanes) is 32. The molecular formula is C80H137NO8. The van der Waals surface area contributed by atoms with Crippen LogP contribution < -0.4 is 5.11 Å². The quantitative estimate of drug-likeness (QED) is 0.0195. The highest BCUT2D eigenvalue weighted by Gasteiger charge is 2.22. The third kappa shape index (κ3) is 71.0. The summed E-state index contributed by atoms with van der Waals surface area (Å²) >= 11 is 0. The van der Waals surface area contributed by atoms with Crippen molar-refractivity contribution in [2.45, 2.75) is 322 Å². The molecule has 0 saturated heterocycles. The molecule has 0 aliphatic rings. The molecule has 0 aliphatic heterocycles. The number of rotatable bonds is 67. The van der Waals surface area contributed by atoms with Crippen LogP contribution in [0, 0.1) is 0 Å². The first-order valence-corrected chi connectivity index (χ1v) is 36.7. The van der Waals surface area contributed by atoms with E-state index in [-0.39, 0.29) is 38.6 Å². The van der Waals surface area contributed by atoms with Crippen LogP contribution in [-0.2, 0) is 33.3 Å². The Hall–Kier alpha value is -4.31. The van der Waals surface area contributed by atoms with Crippen molar-refractivity contribution in [3.63, 3.8) is 0 Å². The average molecular weight is 1240 g/mol. The average Bonchev–Trinajstić information content (AvgIpc) is 3.64. The maximum Gasteiger partial charge on any atom is 0.306 e. The van der Waals surface area contributed by atoms with E-state index in [2.05, 4.69) is 135 Å². The number of nitrogens with zero attached hydrogens (tertiary/aromatic N) is 1. The molecule has 0 fully saturated rings. The summed E-state index contributed by atoms with van der Waals surface area (Å²) in [7, 11) is 5.92. The number of hydrogen-bond donors (Lipinski definition) is 0. The monoisotopic (exact) mass is 1240 g/mol. The van der Waals surface area contributed by atoms with Gasteiger partial charge in [-0.15, -0.1) is 0 Å². The number of likely N-dealkylation sites (N-methyl/N-ethyl adjacent to an activating group) is 1. The number of carbonyl (C=O) groups excluding carboxylic acids is 3. The molecule has 2 unspecified atom stereocenters. The Bertz CT molecular complexity index is 1880. The summed E-state index contributed by atoms with van der Waals surface area (Å²) in [4.78, 5) is 37.5. The van der Waals surface area contributed by atoms with Gasteiger partial charge in [0.15, 0.2) is 12.4 Å². The standard InChI is InChI=1S/C80H137NO8/c1-6-8-10-12-14-16-18-20-22-24-26-28-30-32-33-34-35-36-37-38-39-40-41-42-43-44-45-47-48-50-52-54-56-58-60-62-64-66-68-70-77(82)87-74-76(75-88-80(79(84)85)86-73-72-81(3,4)5)89-78(83)71-69-67-65-63-61-59-57-55-53-51-49-46-31-29-27-25-23-21-19-17-15-13-11-9-7-2/h9,11,15,17-18,20-21,23-24,26-27,29-30,32,46,49,53,55,59,61,76,80H,6-8,10,12-14,16,19,22,25,28,31,33-45,47-48,50-52,54,56-58,60,62-75H2,1-5H3/b11-9-,17-15-,20-18-,23-21-,26-24-,29-27-,32-30-,49-46-,55-53-,61-59-. The van der Waals surface area contributed by atoms with E-state index < -0.39 is 24.3 Å². The third-order valence-corrected chi connectivity index (χ3v) is 15.7. The van der Waals surface area contributed by atoms with E-state index in [1.807, 2.05) is 21.1 Å². The molecule has 0 rings (SSSR count). The predicted octanol–water partition coefficient (Wildman–Crippen LogP) is 21.8. The molecule has 0 aromatic heterocycles. The van der Waals surface area contributed by atoms with E-state index >= 15 is 0 Å². The van der Waals surface area contributed by atoms with Gasteiger partial charge in [-0.05, 0) is 109 Å². The first-order chi connectivity index (χ1) is 43.6. The van der Waals surface area contributed by atoms with Crippen LogP contribution in [0.4, 0.5) is 0 Å². The Labute approximate surface area is 548 Å². The molecule has 89 heavy (non-hydrogen) atoms. The first kappa shape index (κ1) is 84.7. The number of aliphatic carboxylic acids is 1. The minimum Gasteiger partial charge on any atom is -0.545 e. The highest BCUT2D eigenvalue weighted by atomic mass is 16.7. The summed E-state index contributed by atoms with van der Waals surface area (Å²) in [5.41, 5.74) is 0. The first-order valence-electron chi connectivity index (χ1n) is 36.7. The van der Waals surface area contributed by atoms with Crippen molar-refractivity contribution in [3.8, 4) is 0 Å². The lowest BCUT2D eigenvalue weighted by Crippen LogP contribution is -2.44. The zero-order chi connectivity index (χ0) is 64.7. The van der Waals surface area contributed by atoms with Gasteiger partial charge in [0.2, 0.25) is 0 Å². The van der Waals surface area contributed by atoms with Gasteiger partial charge in [-0.1, -0.05) is 309 Å². The maximum atomic E-state index is 12.9. The van der Waals surface area contributed by atoms with Crippen LogP contribution in [0.3, 0.4) is 0 Å². The third-order valence-electron chi connectivity index (χ3n) is 15.7. The smallest absolute Gasteiger partial charge is 0.306 e. The van der Waals surface area contributed by atoms with Crippen LogP contribution in [0.25, 0.3) is 0 Å². The molecule has 0 amide bonds. The van der Waals surface area contributed by atoms with E-state index in [0.29, 0.717) is 17.4 Å². The van der Waals surface area contributed by atoms with Crippen molar-refractivity contribution >= 4 is 17.9 Å². The fourth-order valence-electron chi connectivity index (χ4n) is 10.1. The van der Waals surface area contributed by atoms with E-state index in [9.17, 15) is 19.5 Å². The fourth-order valence-corrected chi connectivity index (χ4v) is 10.1. The van der Waals surface area contributed by atoms with Gasteiger partial charge < -0.3 is 33.3 Å². The molecule has 0 bridgehead atoms. The highest BCUT2D eigenvalue weighted by molar-refractivity contribution is 5.70. The normalized spacial score (nSPS) is 13.4. The molecule has 0 aromatic rings. The number of allylic oxidation sites excluding steroid dienone is 20. The summed E-state index contributed by atoms with van der Waals surface area (Å²) in [6.45, 7) is 4.60. The number of carbonyl (C=O) groups is 3. The van der Waals surface area contributed by atoms with Crippen molar-refractivity contribution in [2.24, 2.45) is 0 Å². The Morgan fingerprint density at radius 2 is 0.640 bits per heavy atom. The molecule has 0 heterocycles. The highest BCUT2D eigenvalue weighted by Crippen LogP contribution is 2.18. The molecule has 9 nitrogen and oxygen atoms in total. The van der Waals surface area contributed by atoms with Crippen LogP contribution >= 0.6 is 0 Å². The molecule has 0 radical (unpaired) electrons. The predicted molar refractivity (Wildman–Crippen MR) is 380 cm³/mol. The molecular weight excluding hydrogens is 1100 g/mol. The summed E-state index contributed by atoms with van der Waals surface area (Å²) in [6.07, 6.45) is 95.9. The molecule has 0 aliphatic carbocycles. The Kier molecular flexibility index (Phi) is 66.2. The largest absolute Gasteiger partial charge is 0.545 e. The zero-order valence-electron chi connectivity index (χ0n) is 58.3. The van der Waals surface area contributed by atoms with Crippen molar-refractivity contribution in [2.75, 3.05) is 47.5 Å². The Balaban J connectivity index is 4.07. The van der Waals surface area contributed by atoms with Crippen molar-refractivity contribution in [3.05, 3.63) is 122 Å². The van der Waals surface area contributed by atoms with Gasteiger partial charge in [-0.3, -0.25) is 9.59 Å². The second-order valence-electron chi connectivity index (χ2n) is 25.5. The topological polar surface area (TPSA) is 111 Å². The number of esters is 2. The minimum atomic E-state index is -1.64. The summed E-state index contributed by atoms with van der Waals surface area (Å²) in [5.74, 6) is -2.33. The molecule has 0 spiro atoms. The summed E-state index contributed by atoms with van der Waals surface area (Å²) < 4.78 is 22.8. The van der Waals surface area contributed by atoms with E-state index in [4.69, 9.17) is 18.9 Å². The van der Waals surface area contributed by atoms with Gasteiger partial charge >= 0.3 is 11.9 Å². The van der Waals surface area contributed by atoms with Crippen LogP contribution in [0.2, 0.25) is 0 Å². The molecule has 2 atom stereocenters. The molecule has 0 aromatic carbocycles. The molecule has 0 N–H and O–H groups in total. The van der Waals surface area contributed by atoms with Gasteiger partial charge in [0.25, 0.3) is 0 Å². The van der Waals surface area contributed by atoms with Crippen LogP contribution in [0.15, 0.2) is 122 Å². The minimum absolute atomic E-state index is 0.136. The summed E-state index contributed by atoms with van der Waals surface area (Å²) in [5, 5.41) is 11.8. The lowest BCUT2D eigenvalue weighted by atomic mass is 10.0. The van der Waals surface area contributed by atoms with Gasteiger partial charge in [0.1, 0.15) is 13.2 Å². The van der Waals surface area contributed by atoms with E-state index in [1.54, 1.807) is 0 Å². The van der Waals surface area contributed by atoms with Crippen LogP contribution in [0.5, 0.6) is 0 Å². The maximum absolute atomic E-state index is 12.9. The van der Waals surface area contributed by atoms with Crippen molar-refractivity contribution in [1.29, 1.82) is 0 Å². The van der Waals surface area contributed by atoms with Gasteiger partial charge in [0, 0.05) is 12.8 Å².